The van der Waals surface area contributed by atoms with Crippen LogP contribution in [0.4, 0.5) is 5.69 Å². The van der Waals surface area contributed by atoms with Gasteiger partial charge in [-0.15, -0.1) is 0 Å². The molecule has 1 saturated heterocycles. The molecule has 0 saturated carbocycles. The number of carbonyl (C=O) groups excluding carboxylic acids is 2. The zero-order valence-electron chi connectivity index (χ0n) is 20.2. The van der Waals surface area contributed by atoms with Crippen molar-refractivity contribution in [3.8, 4) is 5.75 Å². The van der Waals surface area contributed by atoms with Crippen LogP contribution in [0.3, 0.4) is 0 Å². The summed E-state index contributed by atoms with van der Waals surface area (Å²) in [5, 5.41) is 9.40. The maximum atomic E-state index is 12.8. The number of ether oxygens (including phenoxy) is 3. The van der Waals surface area contributed by atoms with Gasteiger partial charge in [-0.05, 0) is 54.3 Å². The van der Waals surface area contributed by atoms with Crippen molar-refractivity contribution >= 4 is 23.8 Å². The van der Waals surface area contributed by atoms with Crippen LogP contribution in [0, 0.1) is 5.92 Å². The molecule has 0 aromatic heterocycles. The minimum atomic E-state index is -0.186. The molecule has 186 valence electrons. The number of esters is 1. The Morgan fingerprint density at radius 2 is 1.97 bits per heavy atom. The quantitative estimate of drug-likeness (QED) is 0.333. The molecular formula is C27H33N3O5. The van der Waals surface area contributed by atoms with Crippen LogP contribution >= 0.6 is 0 Å². The summed E-state index contributed by atoms with van der Waals surface area (Å²) in [6, 6.07) is 13.0. The lowest BCUT2D eigenvalue weighted by Gasteiger charge is -2.25. The third-order valence-electron chi connectivity index (χ3n) is 6.05. The number of amides is 1. The number of fused-ring (bicyclic) bond motifs is 1. The molecule has 2 aromatic carbocycles. The molecule has 0 aliphatic carbocycles. The number of rotatable bonds is 9. The number of nitrogens with zero attached hydrogens (tertiary/aromatic N) is 2. The van der Waals surface area contributed by atoms with Crippen LogP contribution in [0.5, 0.6) is 5.75 Å². The lowest BCUT2D eigenvalue weighted by Crippen LogP contribution is -2.32. The zero-order valence-corrected chi connectivity index (χ0v) is 20.2. The Labute approximate surface area is 206 Å². The zero-order chi connectivity index (χ0) is 24.5. The largest absolute Gasteiger partial charge is 0.493 e. The molecule has 8 nitrogen and oxygen atoms in total. The minimum absolute atomic E-state index is 0.0641. The number of hydrogen-bond acceptors (Lipinski definition) is 7. The average Bonchev–Trinajstić information content (AvgIpc) is 2.88. The highest BCUT2D eigenvalue weighted by Gasteiger charge is 2.23. The molecule has 1 N–H and O–H groups in total. The first-order valence-electron chi connectivity index (χ1n) is 12.3. The number of anilines is 1. The highest BCUT2D eigenvalue weighted by atomic mass is 16.5. The summed E-state index contributed by atoms with van der Waals surface area (Å²) in [6.45, 7) is 5.97. The summed E-state index contributed by atoms with van der Waals surface area (Å²) in [5.74, 6) is 0.490. The third kappa shape index (κ3) is 7.29. The van der Waals surface area contributed by atoms with E-state index >= 15 is 0 Å². The molecule has 0 bridgehead atoms. The predicted octanol–water partition coefficient (Wildman–Crippen LogP) is 3.89. The van der Waals surface area contributed by atoms with Crippen molar-refractivity contribution in [3.63, 3.8) is 0 Å². The third-order valence-corrected chi connectivity index (χ3v) is 6.05. The van der Waals surface area contributed by atoms with Crippen LogP contribution in [-0.2, 0) is 20.7 Å². The van der Waals surface area contributed by atoms with E-state index in [1.807, 2.05) is 35.3 Å². The van der Waals surface area contributed by atoms with Crippen LogP contribution in [-0.4, -0.2) is 62.6 Å². The van der Waals surface area contributed by atoms with Gasteiger partial charge in [0, 0.05) is 17.2 Å². The molecule has 2 aliphatic rings. The molecule has 2 aliphatic heterocycles. The van der Waals surface area contributed by atoms with Crippen molar-refractivity contribution in [3.05, 3.63) is 59.2 Å². The first kappa shape index (κ1) is 24.7. The Bertz CT molecular complexity index is 1030. The van der Waals surface area contributed by atoms with E-state index in [0.29, 0.717) is 50.5 Å². The van der Waals surface area contributed by atoms with Gasteiger partial charge in [0.15, 0.2) is 0 Å². The Hall–Kier alpha value is -3.39. The molecule has 1 amide bonds. The monoisotopic (exact) mass is 479 g/mol. The fourth-order valence-corrected chi connectivity index (χ4v) is 4.03. The lowest BCUT2D eigenvalue weighted by molar-refractivity contribution is -0.145. The maximum Gasteiger partial charge on any atom is 0.306 e. The van der Waals surface area contributed by atoms with Crippen molar-refractivity contribution in [1.82, 2.24) is 5.01 Å². The van der Waals surface area contributed by atoms with Crippen molar-refractivity contribution in [2.24, 2.45) is 11.0 Å². The number of unbranched alkanes of at least 4 members (excludes halogenated alkanes) is 1. The van der Waals surface area contributed by atoms with Crippen molar-refractivity contribution in [1.29, 1.82) is 0 Å². The van der Waals surface area contributed by atoms with Gasteiger partial charge in [0.05, 0.1) is 52.2 Å². The number of hydrogen-bond donors (Lipinski definition) is 1. The van der Waals surface area contributed by atoms with Gasteiger partial charge in [-0.2, -0.15) is 5.10 Å². The van der Waals surface area contributed by atoms with Crippen LogP contribution in [0.15, 0.2) is 47.6 Å². The maximum absolute atomic E-state index is 12.8. The summed E-state index contributed by atoms with van der Waals surface area (Å²) < 4.78 is 16.5. The van der Waals surface area contributed by atoms with Gasteiger partial charge >= 0.3 is 5.97 Å². The molecule has 0 radical (unpaired) electrons. The summed E-state index contributed by atoms with van der Waals surface area (Å²) >= 11 is 0. The van der Waals surface area contributed by atoms with Crippen molar-refractivity contribution in [2.75, 3.05) is 44.8 Å². The Balaban J connectivity index is 1.31. The van der Waals surface area contributed by atoms with E-state index in [4.69, 9.17) is 14.2 Å². The van der Waals surface area contributed by atoms with E-state index in [0.717, 1.165) is 42.8 Å². The van der Waals surface area contributed by atoms with Crippen LogP contribution in [0.1, 0.15) is 47.7 Å². The highest BCUT2D eigenvalue weighted by molar-refractivity contribution is 6.04. The molecule has 1 fully saturated rings. The Morgan fingerprint density at radius 1 is 1.17 bits per heavy atom. The minimum Gasteiger partial charge on any atom is -0.493 e. The molecular weight excluding hydrogens is 446 g/mol. The fourth-order valence-electron chi connectivity index (χ4n) is 4.03. The second-order valence-corrected chi connectivity index (χ2v) is 8.87. The van der Waals surface area contributed by atoms with Gasteiger partial charge in [-0.25, -0.2) is 0 Å². The van der Waals surface area contributed by atoms with E-state index in [-0.39, 0.29) is 17.8 Å². The van der Waals surface area contributed by atoms with Crippen LogP contribution in [0.25, 0.3) is 0 Å². The van der Waals surface area contributed by atoms with Crippen molar-refractivity contribution < 1.29 is 23.8 Å². The first-order chi connectivity index (χ1) is 17.1. The molecule has 35 heavy (non-hydrogen) atoms. The molecule has 2 aromatic rings. The average molecular weight is 480 g/mol. The van der Waals surface area contributed by atoms with E-state index < -0.39 is 0 Å². The normalized spacial score (nSPS) is 17.5. The molecule has 8 heteroatoms. The van der Waals surface area contributed by atoms with Gasteiger partial charge < -0.3 is 19.5 Å². The van der Waals surface area contributed by atoms with Gasteiger partial charge in [0.25, 0.3) is 5.91 Å². The number of morpholine rings is 1. The fraction of sp³-hybridized carbons (Fsp3) is 0.444. The summed E-state index contributed by atoms with van der Waals surface area (Å²) in [4.78, 5) is 24.8. The Kier molecular flexibility index (Phi) is 8.73. The SMILES string of the molecule is CCCCOC(=O)CC1COc2ccc(NC(=O)c3ccc(C=NN4CCOCC4)cc3)cc2C1. The lowest BCUT2D eigenvalue weighted by atomic mass is 9.93. The highest BCUT2D eigenvalue weighted by Crippen LogP contribution is 2.31. The predicted molar refractivity (Wildman–Crippen MR) is 134 cm³/mol. The van der Waals surface area contributed by atoms with Gasteiger partial charge in [-0.1, -0.05) is 25.5 Å². The second kappa shape index (κ2) is 12.4. The topological polar surface area (TPSA) is 89.5 Å². The smallest absolute Gasteiger partial charge is 0.306 e. The Morgan fingerprint density at radius 3 is 2.74 bits per heavy atom. The van der Waals surface area contributed by atoms with E-state index in [2.05, 4.69) is 17.3 Å². The molecule has 0 spiro atoms. The molecule has 4 rings (SSSR count). The second-order valence-electron chi connectivity index (χ2n) is 8.87. The number of carbonyl (C=O) groups is 2. The van der Waals surface area contributed by atoms with E-state index in [1.54, 1.807) is 18.3 Å². The summed E-state index contributed by atoms with van der Waals surface area (Å²) in [7, 11) is 0. The van der Waals surface area contributed by atoms with Crippen LogP contribution in [0.2, 0.25) is 0 Å². The first-order valence-corrected chi connectivity index (χ1v) is 12.3. The molecule has 2 heterocycles. The molecule has 1 atom stereocenters. The van der Waals surface area contributed by atoms with Crippen molar-refractivity contribution in [2.45, 2.75) is 32.6 Å². The molecule has 1 unspecified atom stereocenters. The summed E-state index contributed by atoms with van der Waals surface area (Å²) in [6.07, 6.45) is 4.71. The standard InChI is InChI=1S/C27H33N3O5/c1-2-3-12-34-26(31)16-21-15-23-17-24(8-9-25(23)35-19-21)29-27(32)22-6-4-20(5-7-22)18-28-30-10-13-33-14-11-30/h4-9,17-18,21H,2-3,10-16,19H2,1H3,(H,29,32). The van der Waals surface area contributed by atoms with E-state index in [9.17, 15) is 9.59 Å². The number of benzene rings is 2. The number of hydrazone groups is 1. The number of nitrogens with one attached hydrogen (secondary N) is 1. The summed E-state index contributed by atoms with van der Waals surface area (Å²) in [5.41, 5.74) is 3.17. The van der Waals surface area contributed by atoms with Crippen LogP contribution < -0.4 is 10.1 Å². The van der Waals surface area contributed by atoms with Gasteiger partial charge in [-0.3, -0.25) is 14.6 Å². The van der Waals surface area contributed by atoms with Gasteiger partial charge in [0.1, 0.15) is 5.75 Å². The van der Waals surface area contributed by atoms with E-state index in [1.165, 1.54) is 0 Å². The van der Waals surface area contributed by atoms with Gasteiger partial charge in [0.2, 0.25) is 0 Å².